The molecule has 1 aromatic carbocycles. The first-order chi connectivity index (χ1) is 10.2. The van der Waals surface area contributed by atoms with Crippen LogP contribution >= 0.6 is 0 Å². The highest BCUT2D eigenvalue weighted by Crippen LogP contribution is 2.26. The van der Waals surface area contributed by atoms with Gasteiger partial charge in [-0.25, -0.2) is 4.39 Å². The molecular formula is C17H24FNO2. The molecule has 116 valence electrons. The van der Waals surface area contributed by atoms with Gasteiger partial charge in [0.15, 0.2) is 0 Å². The van der Waals surface area contributed by atoms with Crippen molar-refractivity contribution in [3.05, 3.63) is 35.6 Å². The summed E-state index contributed by atoms with van der Waals surface area (Å²) >= 11 is 0. The smallest absolute Gasteiger partial charge is 0.220 e. The third-order valence-electron chi connectivity index (χ3n) is 4.28. The number of aryl methyl sites for hydroxylation is 1. The molecule has 0 bridgehead atoms. The SMILES string of the molecule is O=C(CCc1ccccc1F)NC[C@H](O)C1CCCCC1. The maximum absolute atomic E-state index is 13.4. The van der Waals surface area contributed by atoms with Crippen molar-refractivity contribution in [2.45, 2.75) is 51.0 Å². The highest BCUT2D eigenvalue weighted by atomic mass is 19.1. The first-order valence-electron chi connectivity index (χ1n) is 7.85. The fourth-order valence-electron chi connectivity index (χ4n) is 2.94. The maximum atomic E-state index is 13.4. The Morgan fingerprint density at radius 1 is 1.29 bits per heavy atom. The van der Waals surface area contributed by atoms with E-state index in [0.717, 1.165) is 12.8 Å². The molecule has 0 saturated heterocycles. The largest absolute Gasteiger partial charge is 0.391 e. The van der Waals surface area contributed by atoms with Crippen LogP contribution in [0.1, 0.15) is 44.1 Å². The van der Waals surface area contributed by atoms with E-state index in [1.165, 1.54) is 25.3 Å². The number of carbonyl (C=O) groups excluding carboxylic acids is 1. The number of carbonyl (C=O) groups is 1. The summed E-state index contributed by atoms with van der Waals surface area (Å²) in [6.07, 6.45) is 5.86. The van der Waals surface area contributed by atoms with Crippen molar-refractivity contribution in [3.63, 3.8) is 0 Å². The van der Waals surface area contributed by atoms with Gasteiger partial charge < -0.3 is 10.4 Å². The van der Waals surface area contributed by atoms with Gasteiger partial charge >= 0.3 is 0 Å². The van der Waals surface area contributed by atoms with Crippen molar-refractivity contribution in [2.24, 2.45) is 5.92 Å². The van der Waals surface area contributed by atoms with Crippen molar-refractivity contribution in [3.8, 4) is 0 Å². The van der Waals surface area contributed by atoms with Gasteiger partial charge in [0.25, 0.3) is 0 Å². The quantitative estimate of drug-likeness (QED) is 0.847. The molecule has 4 heteroatoms. The topological polar surface area (TPSA) is 49.3 Å². The molecule has 3 nitrogen and oxygen atoms in total. The van der Waals surface area contributed by atoms with E-state index in [1.54, 1.807) is 18.2 Å². The van der Waals surface area contributed by atoms with E-state index < -0.39 is 6.10 Å². The number of rotatable bonds is 6. The van der Waals surface area contributed by atoms with Crippen molar-refractivity contribution < 1.29 is 14.3 Å². The van der Waals surface area contributed by atoms with Gasteiger partial charge in [0.05, 0.1) is 6.10 Å². The monoisotopic (exact) mass is 293 g/mol. The molecule has 0 aromatic heterocycles. The molecule has 1 atom stereocenters. The van der Waals surface area contributed by atoms with Gasteiger partial charge in [0.1, 0.15) is 5.82 Å². The summed E-state index contributed by atoms with van der Waals surface area (Å²) in [6, 6.07) is 6.50. The predicted molar refractivity (Wildman–Crippen MR) is 80.3 cm³/mol. The van der Waals surface area contributed by atoms with E-state index in [0.29, 0.717) is 24.4 Å². The van der Waals surface area contributed by atoms with Crippen molar-refractivity contribution >= 4 is 5.91 Å². The van der Waals surface area contributed by atoms with Gasteiger partial charge in [0.2, 0.25) is 5.91 Å². The van der Waals surface area contributed by atoms with Crippen molar-refractivity contribution in [1.29, 1.82) is 0 Å². The van der Waals surface area contributed by atoms with Gasteiger partial charge in [-0.05, 0) is 36.8 Å². The van der Waals surface area contributed by atoms with Crippen LogP contribution in [0.4, 0.5) is 4.39 Å². The van der Waals surface area contributed by atoms with Gasteiger partial charge in [-0.2, -0.15) is 0 Å². The normalized spacial score (nSPS) is 17.4. The first kappa shape index (κ1) is 16.0. The summed E-state index contributed by atoms with van der Waals surface area (Å²) in [6.45, 7) is 0.306. The third kappa shape index (κ3) is 5.12. The second kappa shape index (κ2) is 8.13. The highest BCUT2D eigenvalue weighted by molar-refractivity contribution is 5.76. The molecule has 0 radical (unpaired) electrons. The Morgan fingerprint density at radius 3 is 2.71 bits per heavy atom. The first-order valence-corrected chi connectivity index (χ1v) is 7.85. The van der Waals surface area contributed by atoms with Crippen LogP contribution < -0.4 is 5.32 Å². The summed E-state index contributed by atoms with van der Waals surface area (Å²) in [4.78, 5) is 11.8. The highest BCUT2D eigenvalue weighted by Gasteiger charge is 2.21. The summed E-state index contributed by atoms with van der Waals surface area (Å²) in [5.41, 5.74) is 0.556. The van der Waals surface area contributed by atoms with E-state index in [-0.39, 0.29) is 18.1 Å². The lowest BCUT2D eigenvalue weighted by Gasteiger charge is -2.26. The van der Waals surface area contributed by atoms with E-state index in [4.69, 9.17) is 0 Å². The van der Waals surface area contributed by atoms with Crippen LogP contribution in [-0.4, -0.2) is 23.7 Å². The molecule has 1 aromatic rings. The summed E-state index contributed by atoms with van der Waals surface area (Å²) < 4.78 is 13.4. The fraction of sp³-hybridized carbons (Fsp3) is 0.588. The van der Waals surface area contributed by atoms with E-state index >= 15 is 0 Å². The van der Waals surface area contributed by atoms with E-state index in [9.17, 15) is 14.3 Å². The standard InChI is InChI=1S/C17H24FNO2/c18-15-9-5-4-6-13(15)10-11-17(21)19-12-16(20)14-7-2-1-3-8-14/h4-6,9,14,16,20H,1-3,7-8,10-12H2,(H,19,21)/t16-/m0/s1. The predicted octanol–water partition coefficient (Wildman–Crippen LogP) is 2.82. The van der Waals surface area contributed by atoms with Crippen molar-refractivity contribution in [2.75, 3.05) is 6.54 Å². The number of aliphatic hydroxyl groups excluding tert-OH is 1. The lowest BCUT2D eigenvalue weighted by atomic mass is 9.85. The lowest BCUT2D eigenvalue weighted by Crippen LogP contribution is -2.37. The fourth-order valence-corrected chi connectivity index (χ4v) is 2.94. The number of aliphatic hydroxyl groups is 1. The number of hydrogen-bond donors (Lipinski definition) is 2. The van der Waals surface area contributed by atoms with Crippen LogP contribution in [-0.2, 0) is 11.2 Å². The second-order valence-electron chi connectivity index (χ2n) is 5.86. The summed E-state index contributed by atoms with van der Waals surface area (Å²) in [5.74, 6) is -0.0914. The Bertz CT molecular complexity index is 458. The molecule has 21 heavy (non-hydrogen) atoms. The Kier molecular flexibility index (Phi) is 6.18. The molecule has 0 heterocycles. The third-order valence-corrected chi connectivity index (χ3v) is 4.28. The molecular weight excluding hydrogens is 269 g/mol. The number of benzene rings is 1. The zero-order valence-corrected chi connectivity index (χ0v) is 12.4. The van der Waals surface area contributed by atoms with E-state index in [1.807, 2.05) is 0 Å². The molecule has 1 amide bonds. The number of nitrogens with one attached hydrogen (secondary N) is 1. The lowest BCUT2D eigenvalue weighted by molar-refractivity contribution is -0.121. The zero-order valence-electron chi connectivity index (χ0n) is 12.4. The zero-order chi connectivity index (χ0) is 15.1. The minimum absolute atomic E-state index is 0.131. The Balaban J connectivity index is 1.68. The number of hydrogen-bond acceptors (Lipinski definition) is 2. The molecule has 1 saturated carbocycles. The number of halogens is 1. The molecule has 2 rings (SSSR count). The molecule has 1 aliphatic carbocycles. The Morgan fingerprint density at radius 2 is 2.00 bits per heavy atom. The summed E-state index contributed by atoms with van der Waals surface area (Å²) in [5, 5.41) is 12.8. The van der Waals surface area contributed by atoms with Crippen LogP contribution in [0.5, 0.6) is 0 Å². The summed E-state index contributed by atoms with van der Waals surface area (Å²) in [7, 11) is 0. The maximum Gasteiger partial charge on any atom is 0.220 e. The van der Waals surface area contributed by atoms with E-state index in [2.05, 4.69) is 5.32 Å². The minimum atomic E-state index is -0.456. The minimum Gasteiger partial charge on any atom is -0.391 e. The Hall–Kier alpha value is -1.42. The average molecular weight is 293 g/mol. The number of amides is 1. The van der Waals surface area contributed by atoms with Crippen molar-refractivity contribution in [1.82, 2.24) is 5.32 Å². The van der Waals surface area contributed by atoms with Gasteiger partial charge in [-0.15, -0.1) is 0 Å². The van der Waals surface area contributed by atoms with Crippen LogP contribution in [0, 0.1) is 11.7 Å². The molecule has 0 unspecified atom stereocenters. The molecule has 0 spiro atoms. The molecule has 1 aliphatic rings. The van der Waals surface area contributed by atoms with Crippen LogP contribution in [0.15, 0.2) is 24.3 Å². The van der Waals surface area contributed by atoms with Gasteiger partial charge in [-0.1, -0.05) is 37.5 Å². The van der Waals surface area contributed by atoms with Crippen LogP contribution in [0.3, 0.4) is 0 Å². The second-order valence-corrected chi connectivity index (χ2v) is 5.86. The van der Waals surface area contributed by atoms with Crippen LogP contribution in [0.25, 0.3) is 0 Å². The average Bonchev–Trinajstić information content (AvgIpc) is 2.52. The Labute approximate surface area is 125 Å². The van der Waals surface area contributed by atoms with Gasteiger partial charge in [0, 0.05) is 13.0 Å². The molecule has 2 N–H and O–H groups in total. The molecule has 0 aliphatic heterocycles. The van der Waals surface area contributed by atoms with Gasteiger partial charge in [-0.3, -0.25) is 4.79 Å². The van der Waals surface area contributed by atoms with Crippen LogP contribution in [0.2, 0.25) is 0 Å². The molecule has 1 fully saturated rings.